The first-order chi connectivity index (χ1) is 13.4. The molecule has 6 nitrogen and oxygen atoms in total. The summed E-state index contributed by atoms with van der Waals surface area (Å²) in [5, 5.41) is 14.3. The number of nitrogens with one attached hydrogen (secondary N) is 1. The van der Waals surface area contributed by atoms with Crippen molar-refractivity contribution in [2.75, 3.05) is 6.54 Å². The van der Waals surface area contributed by atoms with Gasteiger partial charge in [-0.3, -0.25) is 14.9 Å². The third kappa shape index (κ3) is 5.07. The average molecular weight is 399 g/mol. The average Bonchev–Trinajstić information content (AvgIpc) is 2.68. The Morgan fingerprint density at radius 1 is 1.36 bits per heavy atom. The zero-order valence-corrected chi connectivity index (χ0v) is 16.9. The molecule has 0 aliphatic heterocycles. The Morgan fingerprint density at radius 2 is 2.04 bits per heavy atom. The van der Waals surface area contributed by atoms with E-state index >= 15 is 0 Å². The van der Waals surface area contributed by atoms with E-state index in [9.17, 15) is 14.9 Å². The molecule has 0 spiro atoms. The summed E-state index contributed by atoms with van der Waals surface area (Å²) in [5.74, 6) is -0.307. The number of carbonyl (C=O) groups is 1. The standard InChI is InChI=1S/C21H23N3O3S/c1-4-6-16-9-12-23(13-10-16)19(21(28)22-11-5-2)20(25)17-8-7-15(3)18(14-17)24(26)27/h5,7-10,12-14,19H,2,4,6,11H2,1,3H3/p+1/t19-/m1/s1. The summed E-state index contributed by atoms with van der Waals surface area (Å²) in [6.45, 7) is 7.82. The number of nitro groups is 1. The Hall–Kier alpha value is -2.93. The third-order valence-electron chi connectivity index (χ3n) is 4.37. The first-order valence-electron chi connectivity index (χ1n) is 9.06. The smallest absolute Gasteiger partial charge is 0.273 e. The maximum absolute atomic E-state index is 13.2. The Labute approximate surface area is 170 Å². The number of aromatic nitrogens is 1. The number of benzene rings is 1. The number of hydrogen-bond donors (Lipinski definition) is 1. The van der Waals surface area contributed by atoms with Crippen LogP contribution in [0.25, 0.3) is 0 Å². The van der Waals surface area contributed by atoms with Crippen LogP contribution < -0.4 is 9.88 Å². The summed E-state index contributed by atoms with van der Waals surface area (Å²) in [6.07, 6.45) is 7.26. The second-order valence-electron chi connectivity index (χ2n) is 6.46. The van der Waals surface area contributed by atoms with Crippen molar-refractivity contribution < 1.29 is 14.3 Å². The van der Waals surface area contributed by atoms with Crippen LogP contribution in [-0.4, -0.2) is 22.2 Å². The Bertz CT molecular complexity index is 894. The largest absolute Gasteiger partial charge is 0.370 e. The molecule has 1 N–H and O–H groups in total. The molecule has 1 atom stereocenters. The summed E-state index contributed by atoms with van der Waals surface area (Å²) in [5.41, 5.74) is 1.83. The van der Waals surface area contributed by atoms with E-state index in [1.807, 2.05) is 24.5 Å². The number of ketones is 1. The lowest BCUT2D eigenvalue weighted by Crippen LogP contribution is -2.51. The number of nitro benzene ring substituents is 1. The van der Waals surface area contributed by atoms with Gasteiger partial charge in [0.05, 0.1) is 4.92 Å². The fraction of sp³-hybridized carbons (Fsp3) is 0.286. The predicted molar refractivity (Wildman–Crippen MR) is 113 cm³/mol. The maximum atomic E-state index is 13.2. The molecule has 146 valence electrons. The molecule has 1 aromatic heterocycles. The highest BCUT2D eigenvalue weighted by molar-refractivity contribution is 7.80. The van der Waals surface area contributed by atoms with E-state index in [0.29, 0.717) is 17.1 Å². The lowest BCUT2D eigenvalue weighted by atomic mass is 10.0. The van der Waals surface area contributed by atoms with Gasteiger partial charge in [-0.15, -0.1) is 6.58 Å². The Morgan fingerprint density at radius 3 is 2.61 bits per heavy atom. The molecule has 1 heterocycles. The van der Waals surface area contributed by atoms with Crippen molar-refractivity contribution in [3.8, 4) is 0 Å². The molecule has 0 aliphatic carbocycles. The van der Waals surface area contributed by atoms with Gasteiger partial charge in [0.1, 0.15) is 0 Å². The first-order valence-corrected chi connectivity index (χ1v) is 9.47. The molecule has 28 heavy (non-hydrogen) atoms. The SMILES string of the molecule is C=CCNC(=S)[C@@H](C(=O)c1ccc(C)c([N+](=O)[O-])c1)[n+]1ccc(CCC)cc1. The van der Waals surface area contributed by atoms with Crippen molar-refractivity contribution in [2.45, 2.75) is 32.7 Å². The van der Waals surface area contributed by atoms with Crippen molar-refractivity contribution >= 4 is 28.7 Å². The van der Waals surface area contributed by atoms with Crippen LogP contribution >= 0.6 is 12.2 Å². The number of thiocarbonyl (C=S) groups is 1. The number of nitrogens with zero attached hydrogens (tertiary/aromatic N) is 2. The molecule has 0 bridgehead atoms. The van der Waals surface area contributed by atoms with Gasteiger partial charge in [0.2, 0.25) is 5.78 Å². The Balaban J connectivity index is 2.44. The number of aryl methyl sites for hydroxylation is 2. The Kier molecular flexibility index (Phi) is 7.52. The van der Waals surface area contributed by atoms with Crippen LogP contribution in [0.15, 0.2) is 55.4 Å². The summed E-state index contributed by atoms with van der Waals surface area (Å²) in [6, 6.07) is 7.60. The predicted octanol–water partition coefficient (Wildman–Crippen LogP) is 3.67. The monoisotopic (exact) mass is 398 g/mol. The summed E-state index contributed by atoms with van der Waals surface area (Å²) < 4.78 is 1.73. The van der Waals surface area contributed by atoms with Crippen molar-refractivity contribution in [3.05, 3.63) is 82.2 Å². The molecule has 0 fully saturated rings. The molecular formula is C21H24N3O3S+. The van der Waals surface area contributed by atoms with Crippen LogP contribution in [0.4, 0.5) is 5.69 Å². The van der Waals surface area contributed by atoms with Crippen molar-refractivity contribution in [2.24, 2.45) is 0 Å². The van der Waals surface area contributed by atoms with E-state index in [1.54, 1.807) is 29.7 Å². The molecule has 0 amide bonds. The highest BCUT2D eigenvalue weighted by Gasteiger charge is 2.34. The lowest BCUT2D eigenvalue weighted by Gasteiger charge is -2.14. The summed E-state index contributed by atoms with van der Waals surface area (Å²) in [7, 11) is 0. The van der Waals surface area contributed by atoms with Gasteiger partial charge in [-0.05, 0) is 18.9 Å². The molecule has 0 radical (unpaired) electrons. The highest BCUT2D eigenvalue weighted by Crippen LogP contribution is 2.22. The van der Waals surface area contributed by atoms with E-state index in [4.69, 9.17) is 12.2 Å². The van der Waals surface area contributed by atoms with Gasteiger partial charge in [0.25, 0.3) is 11.7 Å². The van der Waals surface area contributed by atoms with Gasteiger partial charge >= 0.3 is 0 Å². The zero-order valence-electron chi connectivity index (χ0n) is 16.1. The lowest BCUT2D eigenvalue weighted by molar-refractivity contribution is -0.692. The fourth-order valence-corrected chi connectivity index (χ4v) is 3.18. The topological polar surface area (TPSA) is 76.1 Å². The first kappa shape index (κ1) is 21.4. The molecule has 0 saturated carbocycles. The summed E-state index contributed by atoms with van der Waals surface area (Å²) in [4.78, 5) is 24.4. The van der Waals surface area contributed by atoms with Crippen LogP contribution in [-0.2, 0) is 6.42 Å². The van der Waals surface area contributed by atoms with E-state index in [2.05, 4.69) is 18.8 Å². The molecule has 0 saturated heterocycles. The second-order valence-corrected chi connectivity index (χ2v) is 6.90. The van der Waals surface area contributed by atoms with Gasteiger partial charge in [-0.25, -0.2) is 0 Å². The van der Waals surface area contributed by atoms with Gasteiger partial charge < -0.3 is 5.32 Å². The molecule has 0 unspecified atom stereocenters. The van der Waals surface area contributed by atoms with Gasteiger partial charge in [0.15, 0.2) is 17.4 Å². The number of hydrogen-bond acceptors (Lipinski definition) is 4. The minimum absolute atomic E-state index is 0.0853. The van der Waals surface area contributed by atoms with Crippen LogP contribution in [0.3, 0.4) is 0 Å². The number of pyridine rings is 1. The van der Waals surface area contributed by atoms with Crippen molar-refractivity contribution in [1.29, 1.82) is 0 Å². The van der Waals surface area contributed by atoms with E-state index in [0.717, 1.165) is 12.8 Å². The maximum Gasteiger partial charge on any atom is 0.273 e. The second kappa shape index (κ2) is 9.85. The molecule has 7 heteroatoms. The van der Waals surface area contributed by atoms with E-state index < -0.39 is 11.0 Å². The minimum Gasteiger partial charge on any atom is -0.370 e. The number of Topliss-reactive ketones (excluding diaryl/α,β-unsaturated/α-hetero) is 1. The fourth-order valence-electron chi connectivity index (χ4n) is 2.87. The van der Waals surface area contributed by atoms with Crippen molar-refractivity contribution in [1.82, 2.24) is 5.32 Å². The van der Waals surface area contributed by atoms with Gasteiger partial charge in [-0.2, -0.15) is 4.57 Å². The van der Waals surface area contributed by atoms with E-state index in [1.165, 1.54) is 11.6 Å². The molecule has 2 aromatic rings. The number of rotatable bonds is 9. The van der Waals surface area contributed by atoms with E-state index in [-0.39, 0.29) is 17.0 Å². The molecular weight excluding hydrogens is 374 g/mol. The van der Waals surface area contributed by atoms with Crippen LogP contribution in [0, 0.1) is 17.0 Å². The number of carbonyl (C=O) groups excluding carboxylic acids is 1. The van der Waals surface area contributed by atoms with Gasteiger partial charge in [-0.1, -0.05) is 43.8 Å². The van der Waals surface area contributed by atoms with Crippen LogP contribution in [0.5, 0.6) is 0 Å². The zero-order chi connectivity index (χ0) is 20.7. The summed E-state index contributed by atoms with van der Waals surface area (Å²) >= 11 is 5.46. The quantitative estimate of drug-likeness (QED) is 0.174. The highest BCUT2D eigenvalue weighted by atomic mass is 32.1. The van der Waals surface area contributed by atoms with Crippen molar-refractivity contribution in [3.63, 3.8) is 0 Å². The third-order valence-corrected chi connectivity index (χ3v) is 4.73. The molecule has 1 aromatic carbocycles. The minimum atomic E-state index is -0.798. The molecule has 0 aliphatic rings. The molecule has 2 rings (SSSR count). The van der Waals surface area contributed by atoms with Gasteiger partial charge in [0, 0.05) is 35.9 Å². The van der Waals surface area contributed by atoms with Crippen LogP contribution in [0.1, 0.15) is 40.9 Å². The normalized spacial score (nSPS) is 11.5. The van der Waals surface area contributed by atoms with Crippen LogP contribution in [0.2, 0.25) is 0 Å².